The van der Waals surface area contributed by atoms with Crippen molar-refractivity contribution in [1.82, 2.24) is 0 Å². The summed E-state index contributed by atoms with van der Waals surface area (Å²) in [5, 5.41) is 0. The summed E-state index contributed by atoms with van der Waals surface area (Å²) in [4.78, 5) is 0. The fraction of sp³-hybridized carbons (Fsp3) is 0.895. The van der Waals surface area contributed by atoms with E-state index in [0.717, 1.165) is 64.2 Å². The van der Waals surface area contributed by atoms with E-state index in [1.165, 1.54) is 77.0 Å². The summed E-state index contributed by atoms with van der Waals surface area (Å²) >= 11 is 0. The summed E-state index contributed by atoms with van der Waals surface area (Å²) < 4.78 is 38.8. The van der Waals surface area contributed by atoms with Gasteiger partial charge in [0.05, 0.1) is 12.2 Å². The van der Waals surface area contributed by atoms with Crippen molar-refractivity contribution in [2.45, 2.75) is 180 Å². The molecule has 0 aliphatic carbocycles. The lowest BCUT2D eigenvalue weighted by molar-refractivity contribution is -0.167. The van der Waals surface area contributed by atoms with Gasteiger partial charge in [-0.25, -0.2) is 0 Å². The van der Waals surface area contributed by atoms with Crippen LogP contribution in [-0.2, 0) is 33.2 Å². The van der Waals surface area contributed by atoms with Crippen molar-refractivity contribution in [3.8, 4) is 0 Å². The fourth-order valence-electron chi connectivity index (χ4n) is 5.50. The van der Waals surface area contributed by atoms with E-state index >= 15 is 0 Å². The Morgan fingerprint density at radius 1 is 0.400 bits per heavy atom. The van der Waals surface area contributed by atoms with Gasteiger partial charge in [0.1, 0.15) is 13.6 Å². The molecule has 2 atom stereocenters. The molecule has 7 nitrogen and oxygen atoms in total. The van der Waals surface area contributed by atoms with Gasteiger partial charge in [0, 0.05) is 28.4 Å². The third kappa shape index (κ3) is 30.3. The van der Waals surface area contributed by atoms with Gasteiger partial charge < -0.3 is 33.2 Å². The van der Waals surface area contributed by atoms with Crippen LogP contribution < -0.4 is 0 Å². The molecular weight excluding hydrogens is 568 g/mol. The molecule has 45 heavy (non-hydrogen) atoms. The molecule has 0 aromatic heterocycles. The van der Waals surface area contributed by atoms with Gasteiger partial charge in [0.2, 0.25) is 0 Å². The lowest BCUT2D eigenvalue weighted by Crippen LogP contribution is -2.18. The molecular formula is C38H74O7. The molecule has 0 spiro atoms. The van der Waals surface area contributed by atoms with Crippen LogP contribution in [0.5, 0.6) is 0 Å². The highest BCUT2D eigenvalue weighted by molar-refractivity contribution is 4.83. The van der Waals surface area contributed by atoms with E-state index in [1.807, 2.05) is 0 Å². The SMILES string of the molecule is CCCC(CCC=CCCCCCCCC(OC)OC)OCOCOC(CCC)CCC=CCCCCCCCC(OC)OC. The highest BCUT2D eigenvalue weighted by Gasteiger charge is 2.10. The number of hydrogen-bond acceptors (Lipinski definition) is 7. The summed E-state index contributed by atoms with van der Waals surface area (Å²) in [5.41, 5.74) is 0. The second kappa shape index (κ2) is 36.0. The second-order valence-electron chi connectivity index (χ2n) is 12.2. The number of hydrogen-bond donors (Lipinski definition) is 0. The van der Waals surface area contributed by atoms with E-state index < -0.39 is 0 Å². The molecule has 268 valence electrons. The highest BCUT2D eigenvalue weighted by atomic mass is 16.7. The predicted octanol–water partition coefficient (Wildman–Crippen LogP) is 10.7. The lowest BCUT2D eigenvalue weighted by atomic mass is 10.1. The van der Waals surface area contributed by atoms with Gasteiger partial charge in [0.25, 0.3) is 0 Å². The van der Waals surface area contributed by atoms with Crippen molar-refractivity contribution in [3.05, 3.63) is 24.3 Å². The number of ether oxygens (including phenoxy) is 7. The van der Waals surface area contributed by atoms with Gasteiger partial charge in [-0.2, -0.15) is 0 Å². The average molecular weight is 643 g/mol. The first-order valence-corrected chi connectivity index (χ1v) is 18.4. The second-order valence-corrected chi connectivity index (χ2v) is 12.2. The van der Waals surface area contributed by atoms with Gasteiger partial charge in [-0.3, -0.25) is 0 Å². The zero-order valence-corrected chi connectivity index (χ0v) is 30.4. The smallest absolute Gasteiger partial charge is 0.156 e. The highest BCUT2D eigenvalue weighted by Crippen LogP contribution is 2.15. The van der Waals surface area contributed by atoms with Gasteiger partial charge in [-0.05, 0) is 89.9 Å². The van der Waals surface area contributed by atoms with Crippen molar-refractivity contribution in [2.75, 3.05) is 42.0 Å². The monoisotopic (exact) mass is 643 g/mol. The molecule has 0 saturated heterocycles. The quantitative estimate of drug-likeness (QED) is 0.0383. The molecule has 0 aliphatic rings. The number of methoxy groups -OCH3 is 4. The van der Waals surface area contributed by atoms with Crippen LogP contribution in [0, 0.1) is 0 Å². The molecule has 7 heteroatoms. The topological polar surface area (TPSA) is 64.6 Å². The van der Waals surface area contributed by atoms with Crippen molar-refractivity contribution in [1.29, 1.82) is 0 Å². The predicted molar refractivity (Wildman–Crippen MR) is 187 cm³/mol. The van der Waals surface area contributed by atoms with Crippen molar-refractivity contribution >= 4 is 0 Å². The van der Waals surface area contributed by atoms with Crippen LogP contribution in [0.25, 0.3) is 0 Å². The minimum absolute atomic E-state index is 0.0479. The Bertz CT molecular complexity index is 567. The minimum atomic E-state index is -0.0479. The van der Waals surface area contributed by atoms with E-state index in [9.17, 15) is 0 Å². The Hall–Kier alpha value is -0.800. The largest absolute Gasteiger partial charge is 0.356 e. The maximum absolute atomic E-state index is 6.05. The Kier molecular flexibility index (Phi) is 35.4. The zero-order chi connectivity index (χ0) is 33.1. The molecule has 0 aliphatic heterocycles. The van der Waals surface area contributed by atoms with Crippen molar-refractivity contribution in [3.63, 3.8) is 0 Å². The third-order valence-electron chi connectivity index (χ3n) is 8.31. The van der Waals surface area contributed by atoms with Crippen LogP contribution in [0.4, 0.5) is 0 Å². The van der Waals surface area contributed by atoms with Gasteiger partial charge in [-0.15, -0.1) is 0 Å². The molecule has 0 bridgehead atoms. The Balaban J connectivity index is 3.86. The number of allylic oxidation sites excluding steroid dienone is 4. The molecule has 0 heterocycles. The average Bonchev–Trinajstić information content (AvgIpc) is 3.05. The normalized spacial score (nSPS) is 13.7. The minimum Gasteiger partial charge on any atom is -0.356 e. The van der Waals surface area contributed by atoms with Crippen LogP contribution >= 0.6 is 0 Å². The maximum Gasteiger partial charge on any atom is 0.156 e. The first-order chi connectivity index (χ1) is 22.1. The Labute approximate surface area is 279 Å². The first-order valence-electron chi connectivity index (χ1n) is 18.4. The van der Waals surface area contributed by atoms with Gasteiger partial charge >= 0.3 is 0 Å². The van der Waals surface area contributed by atoms with E-state index in [2.05, 4.69) is 38.2 Å². The van der Waals surface area contributed by atoms with Crippen molar-refractivity contribution in [2.24, 2.45) is 0 Å². The molecule has 0 radical (unpaired) electrons. The van der Waals surface area contributed by atoms with Crippen LogP contribution in [-0.4, -0.2) is 66.8 Å². The summed E-state index contributed by atoms with van der Waals surface area (Å²) in [7, 11) is 6.83. The molecule has 0 aromatic carbocycles. The number of rotatable bonds is 36. The Morgan fingerprint density at radius 3 is 1.13 bits per heavy atom. The van der Waals surface area contributed by atoms with Crippen LogP contribution in [0.2, 0.25) is 0 Å². The summed E-state index contributed by atoms with van der Waals surface area (Å²) in [5.74, 6) is 0. The van der Waals surface area contributed by atoms with E-state index in [-0.39, 0.29) is 24.8 Å². The Morgan fingerprint density at radius 2 is 0.756 bits per heavy atom. The van der Waals surface area contributed by atoms with Gasteiger partial charge in [0.15, 0.2) is 12.6 Å². The standard InChI is InChI=1S/C38H74O7/c1-7-27-35(29-23-19-15-11-9-13-17-21-25-31-37(39-3)40-4)44-33-43-34-45-36(28-8-2)30-24-20-16-12-10-14-18-22-26-32-38(41-5)42-6/h15-16,19-20,35-38H,7-14,17-18,21-34H2,1-6H3. The molecule has 0 aromatic rings. The molecule has 0 fully saturated rings. The molecule has 0 N–H and O–H groups in total. The van der Waals surface area contributed by atoms with Crippen LogP contribution in [0.3, 0.4) is 0 Å². The summed E-state index contributed by atoms with van der Waals surface area (Å²) in [6, 6.07) is 0. The first kappa shape index (κ1) is 44.2. The number of unbranched alkanes of at least 4 members (excludes halogenated alkanes) is 10. The van der Waals surface area contributed by atoms with Crippen LogP contribution in [0.15, 0.2) is 24.3 Å². The molecule has 0 amide bonds. The summed E-state index contributed by atoms with van der Waals surface area (Å²) in [6.45, 7) is 5.05. The van der Waals surface area contributed by atoms with Crippen molar-refractivity contribution < 1.29 is 33.2 Å². The summed E-state index contributed by atoms with van der Waals surface area (Å²) in [6.07, 6.45) is 35.1. The van der Waals surface area contributed by atoms with E-state index in [0.29, 0.717) is 13.6 Å². The lowest BCUT2D eigenvalue weighted by Gasteiger charge is -2.19. The molecule has 0 saturated carbocycles. The molecule has 2 unspecified atom stereocenters. The maximum atomic E-state index is 6.05. The van der Waals surface area contributed by atoms with E-state index in [4.69, 9.17) is 33.2 Å². The van der Waals surface area contributed by atoms with Gasteiger partial charge in [-0.1, -0.05) is 89.5 Å². The third-order valence-corrected chi connectivity index (χ3v) is 8.31. The fourth-order valence-corrected chi connectivity index (χ4v) is 5.50. The van der Waals surface area contributed by atoms with Crippen LogP contribution in [0.1, 0.15) is 155 Å². The molecule has 0 rings (SSSR count). The zero-order valence-electron chi connectivity index (χ0n) is 30.4. The van der Waals surface area contributed by atoms with E-state index in [1.54, 1.807) is 28.4 Å².